The van der Waals surface area contributed by atoms with Crippen molar-refractivity contribution in [1.82, 2.24) is 10.9 Å². The van der Waals surface area contributed by atoms with Gasteiger partial charge in [-0.05, 0) is 35.9 Å². The van der Waals surface area contributed by atoms with Crippen molar-refractivity contribution in [3.8, 4) is 0 Å². The fourth-order valence-electron chi connectivity index (χ4n) is 1.76. The van der Waals surface area contributed by atoms with Crippen LogP contribution in [0.2, 0.25) is 0 Å². The molecule has 0 heterocycles. The Morgan fingerprint density at radius 3 is 2.13 bits per heavy atom. The van der Waals surface area contributed by atoms with Crippen LogP contribution in [0.15, 0.2) is 65.8 Å². The van der Waals surface area contributed by atoms with Crippen LogP contribution in [-0.4, -0.2) is 23.2 Å². The summed E-state index contributed by atoms with van der Waals surface area (Å²) in [5, 5.41) is 12.3. The molecule has 6 nitrogen and oxygen atoms in total. The molecule has 116 valence electrons. The summed E-state index contributed by atoms with van der Waals surface area (Å²) >= 11 is 0. The first kappa shape index (κ1) is 16.1. The van der Waals surface area contributed by atoms with Crippen molar-refractivity contribution in [2.24, 2.45) is 5.10 Å². The van der Waals surface area contributed by atoms with Gasteiger partial charge >= 0.3 is 0 Å². The van der Waals surface area contributed by atoms with Crippen LogP contribution >= 0.6 is 0 Å². The Bertz CT molecular complexity index is 723. The Morgan fingerprint density at radius 2 is 1.52 bits per heavy atom. The van der Waals surface area contributed by atoms with E-state index in [1.165, 1.54) is 36.0 Å². The zero-order valence-corrected chi connectivity index (χ0v) is 12.1. The maximum Gasteiger partial charge on any atom is 0.274 e. The van der Waals surface area contributed by atoms with Gasteiger partial charge in [0.2, 0.25) is 0 Å². The molecule has 0 aliphatic rings. The molecule has 2 rings (SSSR count). The van der Waals surface area contributed by atoms with Gasteiger partial charge in [0, 0.05) is 17.3 Å². The number of nitrogens with zero attached hydrogens (tertiary/aromatic N) is 1. The molecule has 3 N–H and O–H groups in total. The zero-order valence-electron chi connectivity index (χ0n) is 12.1. The number of hydrogen-bond acceptors (Lipinski definition) is 4. The summed E-state index contributed by atoms with van der Waals surface area (Å²) in [6.45, 7) is 0. The lowest BCUT2D eigenvalue weighted by Crippen LogP contribution is -2.20. The minimum Gasteiger partial charge on any atom is -0.288 e. The van der Waals surface area contributed by atoms with Crippen molar-refractivity contribution in [3.63, 3.8) is 0 Å². The first-order valence-corrected chi connectivity index (χ1v) is 6.80. The van der Waals surface area contributed by atoms with Crippen LogP contribution in [0.25, 0.3) is 6.08 Å². The average molecular weight is 309 g/mol. The average Bonchev–Trinajstić information content (AvgIpc) is 2.61. The topological polar surface area (TPSA) is 90.8 Å². The molecule has 0 spiro atoms. The fourth-order valence-corrected chi connectivity index (χ4v) is 1.76. The molecule has 2 amide bonds. The van der Waals surface area contributed by atoms with Gasteiger partial charge < -0.3 is 0 Å². The van der Waals surface area contributed by atoms with Gasteiger partial charge in [-0.1, -0.05) is 36.4 Å². The molecule has 0 saturated carbocycles. The van der Waals surface area contributed by atoms with Gasteiger partial charge in [-0.2, -0.15) is 5.10 Å². The number of benzene rings is 2. The second-order valence-electron chi connectivity index (χ2n) is 4.51. The molecule has 0 aliphatic carbocycles. The molecule has 0 unspecified atom stereocenters. The molecule has 0 aromatic heterocycles. The predicted molar refractivity (Wildman–Crippen MR) is 87.1 cm³/mol. The molecule has 6 heteroatoms. The second-order valence-corrected chi connectivity index (χ2v) is 4.51. The summed E-state index contributed by atoms with van der Waals surface area (Å²) in [5.41, 5.74) is 5.53. The summed E-state index contributed by atoms with van der Waals surface area (Å²) in [7, 11) is 0. The van der Waals surface area contributed by atoms with E-state index in [4.69, 9.17) is 5.21 Å². The maximum atomic E-state index is 11.8. The number of amides is 2. The lowest BCUT2D eigenvalue weighted by atomic mass is 10.1. The Morgan fingerprint density at radius 1 is 0.913 bits per heavy atom. The highest BCUT2D eigenvalue weighted by Crippen LogP contribution is 2.04. The van der Waals surface area contributed by atoms with Gasteiger partial charge in [0.1, 0.15) is 0 Å². The summed E-state index contributed by atoms with van der Waals surface area (Å²) in [4.78, 5) is 23.0. The van der Waals surface area contributed by atoms with E-state index in [-0.39, 0.29) is 5.56 Å². The summed E-state index contributed by atoms with van der Waals surface area (Å²) in [6.07, 6.45) is 5.04. The molecular formula is C17H15N3O3. The van der Waals surface area contributed by atoms with Crippen LogP contribution < -0.4 is 10.9 Å². The molecule has 0 aliphatic heterocycles. The van der Waals surface area contributed by atoms with Gasteiger partial charge in [0.15, 0.2) is 0 Å². The highest BCUT2D eigenvalue weighted by Gasteiger charge is 2.07. The van der Waals surface area contributed by atoms with E-state index in [0.717, 1.165) is 5.56 Å². The number of hydrogen-bond donors (Lipinski definition) is 3. The van der Waals surface area contributed by atoms with Crippen molar-refractivity contribution in [2.75, 3.05) is 0 Å². The van der Waals surface area contributed by atoms with Crippen molar-refractivity contribution in [2.45, 2.75) is 0 Å². The van der Waals surface area contributed by atoms with E-state index >= 15 is 0 Å². The van der Waals surface area contributed by atoms with Gasteiger partial charge in [0.25, 0.3) is 11.8 Å². The highest BCUT2D eigenvalue weighted by molar-refractivity contribution is 5.97. The molecule has 2 aromatic rings. The maximum absolute atomic E-state index is 11.8. The van der Waals surface area contributed by atoms with E-state index in [1.54, 1.807) is 6.08 Å². The lowest BCUT2D eigenvalue weighted by Gasteiger charge is -2.01. The van der Waals surface area contributed by atoms with Crippen LogP contribution in [0.3, 0.4) is 0 Å². The van der Waals surface area contributed by atoms with Crippen LogP contribution in [0.5, 0.6) is 0 Å². The van der Waals surface area contributed by atoms with E-state index < -0.39 is 11.8 Å². The van der Waals surface area contributed by atoms with Gasteiger partial charge in [-0.25, -0.2) is 10.9 Å². The number of carbonyl (C=O) groups is 2. The van der Waals surface area contributed by atoms with Crippen molar-refractivity contribution in [3.05, 3.63) is 77.4 Å². The lowest BCUT2D eigenvalue weighted by molar-refractivity contribution is 0.0706. The quantitative estimate of drug-likeness (QED) is 0.449. The van der Waals surface area contributed by atoms with E-state index in [0.29, 0.717) is 5.56 Å². The third kappa shape index (κ3) is 4.90. The molecule has 2 aromatic carbocycles. The van der Waals surface area contributed by atoms with Crippen LogP contribution in [0.1, 0.15) is 26.3 Å². The summed E-state index contributed by atoms with van der Waals surface area (Å²) in [5.74, 6) is -1.04. The van der Waals surface area contributed by atoms with Gasteiger partial charge in [-0.3, -0.25) is 14.8 Å². The number of rotatable bonds is 5. The number of carbonyl (C=O) groups excluding carboxylic acids is 2. The molecule has 0 bridgehead atoms. The zero-order chi connectivity index (χ0) is 16.5. The summed E-state index contributed by atoms with van der Waals surface area (Å²) < 4.78 is 0. The van der Waals surface area contributed by atoms with Gasteiger partial charge in [0.05, 0.1) is 0 Å². The number of nitrogens with one attached hydrogen (secondary N) is 2. The van der Waals surface area contributed by atoms with Crippen molar-refractivity contribution < 1.29 is 14.8 Å². The molecular weight excluding hydrogens is 294 g/mol. The minimum atomic E-state index is -0.638. The first-order valence-electron chi connectivity index (χ1n) is 6.80. The van der Waals surface area contributed by atoms with Crippen LogP contribution in [0.4, 0.5) is 0 Å². The third-order valence-corrected chi connectivity index (χ3v) is 2.93. The van der Waals surface area contributed by atoms with Crippen molar-refractivity contribution >= 4 is 24.1 Å². The molecule has 23 heavy (non-hydrogen) atoms. The Balaban J connectivity index is 1.88. The predicted octanol–water partition coefficient (Wildman–Crippen LogP) is 2.23. The molecule has 0 fully saturated rings. The Hall–Kier alpha value is -3.25. The third-order valence-electron chi connectivity index (χ3n) is 2.93. The monoisotopic (exact) mass is 309 g/mol. The molecule has 0 radical (unpaired) electrons. The largest absolute Gasteiger partial charge is 0.288 e. The van der Waals surface area contributed by atoms with Crippen molar-refractivity contribution in [1.29, 1.82) is 0 Å². The van der Waals surface area contributed by atoms with E-state index in [1.807, 2.05) is 36.4 Å². The minimum absolute atomic E-state index is 0.248. The normalized spacial score (nSPS) is 10.8. The number of hydrazone groups is 1. The molecule has 0 atom stereocenters. The van der Waals surface area contributed by atoms with Crippen LogP contribution in [0, 0.1) is 0 Å². The Labute approximate surface area is 133 Å². The summed E-state index contributed by atoms with van der Waals surface area (Å²) in [6, 6.07) is 15.5. The number of allylic oxidation sites excluding steroid dienone is 1. The second kappa shape index (κ2) is 8.26. The van der Waals surface area contributed by atoms with E-state index in [9.17, 15) is 9.59 Å². The SMILES string of the molecule is O=C(NO)c1ccc(C(=O)NN=CC=Cc2ccccc2)cc1. The van der Waals surface area contributed by atoms with Crippen LogP contribution in [-0.2, 0) is 0 Å². The first-order chi connectivity index (χ1) is 11.2. The standard InChI is InChI=1S/C17H15N3O3/c21-16(14-8-10-15(11-9-14)17(22)20-23)19-18-12-4-7-13-5-2-1-3-6-13/h1-12,23H,(H,19,21)(H,20,22). The molecule has 0 saturated heterocycles. The van der Waals surface area contributed by atoms with E-state index in [2.05, 4.69) is 10.5 Å². The Kier molecular flexibility index (Phi) is 5.79. The number of hydroxylamine groups is 1. The fraction of sp³-hybridized carbons (Fsp3) is 0. The van der Waals surface area contributed by atoms with Gasteiger partial charge in [-0.15, -0.1) is 0 Å². The highest BCUT2D eigenvalue weighted by atomic mass is 16.5. The smallest absolute Gasteiger partial charge is 0.274 e.